The number of ether oxygens (including phenoxy) is 2. The molecule has 0 saturated heterocycles. The van der Waals surface area contributed by atoms with Gasteiger partial charge in [-0.25, -0.2) is 23.1 Å². The number of hydrogen-bond donors (Lipinski definition) is 0. The number of halogens is 2. The Morgan fingerprint density at radius 1 is 1.25 bits per heavy atom. The van der Waals surface area contributed by atoms with Crippen LogP contribution in [0.25, 0.3) is 16.9 Å². The molecule has 0 spiro atoms. The first-order chi connectivity index (χ1) is 11.6. The van der Waals surface area contributed by atoms with E-state index in [1.165, 1.54) is 20.3 Å². The topological polar surface area (TPSA) is 65.7 Å². The van der Waals surface area contributed by atoms with Crippen LogP contribution >= 0.6 is 0 Å². The Kier molecular flexibility index (Phi) is 4.11. The van der Waals surface area contributed by atoms with Crippen LogP contribution in [0.4, 0.5) is 8.78 Å². The second-order valence-corrected chi connectivity index (χ2v) is 4.85. The van der Waals surface area contributed by atoms with Crippen LogP contribution in [0.3, 0.4) is 0 Å². The number of aromatic nitrogens is 3. The van der Waals surface area contributed by atoms with Gasteiger partial charge in [-0.05, 0) is 18.2 Å². The smallest absolute Gasteiger partial charge is 0.343 e. The van der Waals surface area contributed by atoms with Crippen LogP contribution in [-0.4, -0.2) is 34.8 Å². The Labute approximate surface area is 135 Å². The molecule has 0 radical (unpaired) electrons. The molecule has 2 heterocycles. The number of esters is 1. The van der Waals surface area contributed by atoms with Gasteiger partial charge in [0.25, 0.3) is 6.43 Å². The highest BCUT2D eigenvalue weighted by Gasteiger charge is 2.22. The van der Waals surface area contributed by atoms with Crippen LogP contribution in [0, 0.1) is 0 Å². The lowest BCUT2D eigenvalue weighted by atomic mass is 10.1. The minimum atomic E-state index is -2.80. The summed E-state index contributed by atoms with van der Waals surface area (Å²) in [7, 11) is 2.67. The van der Waals surface area contributed by atoms with Crippen LogP contribution in [0.5, 0.6) is 5.75 Å². The molecule has 1 aromatic carbocycles. The summed E-state index contributed by atoms with van der Waals surface area (Å²) < 4.78 is 37.7. The molecule has 0 unspecified atom stereocenters. The zero-order valence-electron chi connectivity index (χ0n) is 12.9. The fourth-order valence-electron chi connectivity index (χ4n) is 2.39. The van der Waals surface area contributed by atoms with Gasteiger partial charge < -0.3 is 9.47 Å². The molecular weight excluding hydrogens is 320 g/mol. The van der Waals surface area contributed by atoms with Gasteiger partial charge in [-0.3, -0.25) is 0 Å². The number of fused-ring (bicyclic) bond motifs is 1. The fraction of sp³-hybridized carbons (Fsp3) is 0.188. The second kappa shape index (κ2) is 6.23. The van der Waals surface area contributed by atoms with Crippen LogP contribution in [0.1, 0.15) is 22.5 Å². The number of methoxy groups -OCH3 is 2. The SMILES string of the molecule is COC(=O)c1cnn2c(C(F)F)cc(-c3ccccc3OC)nc12. The molecular formula is C16H13F2N3O3. The third-order valence-electron chi connectivity index (χ3n) is 3.51. The van der Waals surface area contributed by atoms with Gasteiger partial charge in [-0.1, -0.05) is 12.1 Å². The Balaban J connectivity index is 2.31. The van der Waals surface area contributed by atoms with Crippen LogP contribution in [0.2, 0.25) is 0 Å². The standard InChI is InChI=1S/C16H13F2N3O3/c1-23-13-6-4-3-5-9(13)11-7-12(14(17)18)21-15(20-11)10(8-19-21)16(22)24-2/h3-8,14H,1-2H3. The third-order valence-corrected chi connectivity index (χ3v) is 3.51. The van der Waals surface area contributed by atoms with Crippen molar-refractivity contribution in [2.45, 2.75) is 6.43 Å². The largest absolute Gasteiger partial charge is 0.496 e. The van der Waals surface area contributed by atoms with E-state index in [4.69, 9.17) is 4.74 Å². The van der Waals surface area contributed by atoms with Crippen molar-refractivity contribution in [2.24, 2.45) is 0 Å². The Morgan fingerprint density at radius 3 is 2.67 bits per heavy atom. The molecule has 2 aromatic heterocycles. The summed E-state index contributed by atoms with van der Waals surface area (Å²) in [6.45, 7) is 0. The summed E-state index contributed by atoms with van der Waals surface area (Å²) in [6.07, 6.45) is -1.64. The van der Waals surface area contributed by atoms with E-state index in [-0.39, 0.29) is 22.6 Å². The van der Waals surface area contributed by atoms with E-state index in [0.29, 0.717) is 11.3 Å². The van der Waals surface area contributed by atoms with E-state index in [1.807, 2.05) is 0 Å². The van der Waals surface area contributed by atoms with Crippen LogP contribution in [0.15, 0.2) is 36.5 Å². The lowest BCUT2D eigenvalue weighted by molar-refractivity contribution is 0.0602. The van der Waals surface area contributed by atoms with Crippen LogP contribution in [-0.2, 0) is 4.74 Å². The van der Waals surface area contributed by atoms with Crippen molar-refractivity contribution in [3.05, 3.63) is 47.8 Å². The zero-order valence-corrected chi connectivity index (χ0v) is 12.9. The quantitative estimate of drug-likeness (QED) is 0.686. The zero-order chi connectivity index (χ0) is 17.3. The number of nitrogens with zero attached hydrogens (tertiary/aromatic N) is 3. The number of alkyl halides is 2. The molecule has 0 aliphatic carbocycles. The second-order valence-electron chi connectivity index (χ2n) is 4.85. The Morgan fingerprint density at radius 2 is 2.00 bits per heavy atom. The molecule has 0 aliphatic heterocycles. The number of carbonyl (C=O) groups is 1. The fourth-order valence-corrected chi connectivity index (χ4v) is 2.39. The summed E-state index contributed by atoms with van der Waals surface area (Å²) in [4.78, 5) is 16.1. The van der Waals surface area contributed by atoms with Crippen molar-refractivity contribution >= 4 is 11.6 Å². The maximum Gasteiger partial charge on any atom is 0.343 e. The van der Waals surface area contributed by atoms with Gasteiger partial charge in [0.1, 0.15) is 17.0 Å². The number of benzene rings is 1. The van der Waals surface area contributed by atoms with Gasteiger partial charge in [-0.2, -0.15) is 5.10 Å². The van der Waals surface area contributed by atoms with Crippen molar-refractivity contribution in [1.29, 1.82) is 0 Å². The third kappa shape index (κ3) is 2.55. The van der Waals surface area contributed by atoms with Gasteiger partial charge in [0.2, 0.25) is 0 Å². The first-order valence-corrected chi connectivity index (χ1v) is 6.95. The molecule has 8 heteroatoms. The average molecular weight is 333 g/mol. The molecule has 0 amide bonds. The normalized spacial score (nSPS) is 11.0. The highest BCUT2D eigenvalue weighted by Crippen LogP contribution is 2.32. The van der Waals surface area contributed by atoms with Crippen molar-refractivity contribution in [1.82, 2.24) is 14.6 Å². The molecule has 0 bridgehead atoms. The molecule has 3 aromatic rings. The van der Waals surface area contributed by atoms with Crippen molar-refractivity contribution < 1.29 is 23.0 Å². The van der Waals surface area contributed by atoms with Crippen molar-refractivity contribution in [3.63, 3.8) is 0 Å². The van der Waals surface area contributed by atoms with E-state index in [2.05, 4.69) is 14.8 Å². The van der Waals surface area contributed by atoms with Gasteiger partial charge in [0.05, 0.1) is 26.1 Å². The van der Waals surface area contributed by atoms with Gasteiger partial charge >= 0.3 is 5.97 Å². The number of para-hydroxylation sites is 1. The highest BCUT2D eigenvalue weighted by atomic mass is 19.3. The minimum Gasteiger partial charge on any atom is -0.496 e. The van der Waals surface area contributed by atoms with E-state index >= 15 is 0 Å². The monoisotopic (exact) mass is 333 g/mol. The summed E-state index contributed by atoms with van der Waals surface area (Å²) in [5.41, 5.74) is 0.412. The lowest BCUT2D eigenvalue weighted by Crippen LogP contribution is -2.06. The molecule has 0 aliphatic rings. The maximum atomic E-state index is 13.4. The van der Waals surface area contributed by atoms with Gasteiger partial charge in [-0.15, -0.1) is 0 Å². The predicted octanol–water partition coefficient (Wildman–Crippen LogP) is 3.13. The first-order valence-electron chi connectivity index (χ1n) is 6.95. The lowest BCUT2D eigenvalue weighted by Gasteiger charge is -2.11. The van der Waals surface area contributed by atoms with E-state index in [1.54, 1.807) is 24.3 Å². The van der Waals surface area contributed by atoms with E-state index in [9.17, 15) is 13.6 Å². The van der Waals surface area contributed by atoms with E-state index in [0.717, 1.165) is 10.7 Å². The summed E-state index contributed by atoms with van der Waals surface area (Å²) in [5, 5.41) is 3.83. The van der Waals surface area contributed by atoms with Gasteiger partial charge in [0.15, 0.2) is 5.65 Å². The molecule has 0 saturated carbocycles. The van der Waals surface area contributed by atoms with E-state index < -0.39 is 12.4 Å². The predicted molar refractivity (Wildman–Crippen MR) is 81.3 cm³/mol. The maximum absolute atomic E-state index is 13.4. The number of carbonyl (C=O) groups excluding carboxylic acids is 1. The van der Waals surface area contributed by atoms with Crippen molar-refractivity contribution in [3.8, 4) is 17.0 Å². The molecule has 0 fully saturated rings. The highest BCUT2D eigenvalue weighted by molar-refractivity contribution is 5.95. The Hall–Kier alpha value is -3.03. The molecule has 124 valence electrons. The minimum absolute atomic E-state index is 0.000515. The van der Waals surface area contributed by atoms with Crippen molar-refractivity contribution in [2.75, 3.05) is 14.2 Å². The van der Waals surface area contributed by atoms with Gasteiger partial charge in [0, 0.05) is 5.56 Å². The van der Waals surface area contributed by atoms with Crippen LogP contribution < -0.4 is 4.74 Å². The average Bonchev–Trinajstić information content (AvgIpc) is 3.03. The molecule has 24 heavy (non-hydrogen) atoms. The molecule has 0 N–H and O–H groups in total. The molecule has 6 nitrogen and oxygen atoms in total. The Bertz CT molecular complexity index is 909. The molecule has 0 atom stereocenters. The summed E-state index contributed by atoms with van der Waals surface area (Å²) >= 11 is 0. The molecule has 3 rings (SSSR count). The summed E-state index contributed by atoms with van der Waals surface area (Å²) in [5.74, 6) is -0.219. The number of hydrogen-bond acceptors (Lipinski definition) is 5. The first kappa shape index (κ1) is 15.9. The number of rotatable bonds is 4. The summed E-state index contributed by atoms with van der Waals surface area (Å²) in [6, 6.07) is 8.11.